The van der Waals surface area contributed by atoms with Crippen LogP contribution in [0.15, 0.2) is 0 Å². The maximum atomic E-state index is 12.7. The zero-order valence-electron chi connectivity index (χ0n) is 22.8. The van der Waals surface area contributed by atoms with E-state index in [9.17, 15) is 39.3 Å². The summed E-state index contributed by atoms with van der Waals surface area (Å²) in [6.07, 6.45) is 2.72. The highest BCUT2D eigenvalue weighted by Gasteiger charge is 2.21. The van der Waals surface area contributed by atoms with Crippen molar-refractivity contribution in [1.29, 1.82) is 0 Å². The highest BCUT2D eigenvalue weighted by atomic mass is 16.4. The molecule has 0 saturated carbocycles. The van der Waals surface area contributed by atoms with Gasteiger partial charge in [0, 0.05) is 71.2 Å². The standard InChI is InChI=1S/C25H45N5O8/c1-20(2)25(38)26-7-5-3-4-6-21(31)16-27-8-10-28(17-22(32)33)12-14-30(19-24(36)37)15-13-29(11-9-27)18-23(34)35/h20H,3-19H2,1-2H3,(H,26,38)(H,32,33)(H,34,35)(H,36,37). The summed E-state index contributed by atoms with van der Waals surface area (Å²) in [5, 5.41) is 30.7. The number of nitrogens with one attached hydrogen (secondary N) is 1. The minimum Gasteiger partial charge on any atom is -0.480 e. The number of rotatable bonds is 15. The number of carboxylic acids is 3. The van der Waals surface area contributed by atoms with Gasteiger partial charge in [0.05, 0.1) is 26.2 Å². The number of Topliss-reactive ketones (excluding diaryl/α,β-unsaturated/α-hetero) is 1. The SMILES string of the molecule is CC(C)C(=O)NCCCCCC(=O)CN1CCN(CC(=O)O)CCN(CC(=O)O)CCN(CC(=O)O)CC1. The molecule has 0 aromatic carbocycles. The van der Waals surface area contributed by atoms with Gasteiger partial charge in [-0.1, -0.05) is 20.3 Å². The predicted octanol–water partition coefficient (Wildman–Crippen LogP) is -0.636. The summed E-state index contributed by atoms with van der Waals surface area (Å²) >= 11 is 0. The number of unbranched alkanes of at least 4 members (excludes halogenated alkanes) is 2. The van der Waals surface area contributed by atoms with Gasteiger partial charge >= 0.3 is 17.9 Å². The van der Waals surface area contributed by atoms with Crippen molar-refractivity contribution >= 4 is 29.6 Å². The van der Waals surface area contributed by atoms with Gasteiger partial charge in [-0.05, 0) is 12.8 Å². The van der Waals surface area contributed by atoms with Crippen LogP contribution in [-0.2, 0) is 24.0 Å². The van der Waals surface area contributed by atoms with Crippen LogP contribution in [0.3, 0.4) is 0 Å². The average Bonchev–Trinajstić information content (AvgIpc) is 2.81. The van der Waals surface area contributed by atoms with Crippen LogP contribution in [0.1, 0.15) is 39.5 Å². The fourth-order valence-corrected chi connectivity index (χ4v) is 4.15. The Labute approximate surface area is 224 Å². The molecule has 0 unspecified atom stereocenters. The first kappa shape index (κ1) is 33.4. The zero-order valence-corrected chi connectivity index (χ0v) is 22.8. The average molecular weight is 544 g/mol. The van der Waals surface area contributed by atoms with E-state index in [1.807, 2.05) is 18.7 Å². The first-order valence-electron chi connectivity index (χ1n) is 13.3. The Kier molecular flexibility index (Phi) is 16.4. The lowest BCUT2D eigenvalue weighted by Gasteiger charge is -2.32. The first-order valence-corrected chi connectivity index (χ1v) is 13.3. The minimum absolute atomic E-state index is 0.0138. The van der Waals surface area contributed by atoms with Gasteiger partial charge < -0.3 is 20.6 Å². The number of hydrogen-bond donors (Lipinski definition) is 4. The second kappa shape index (κ2) is 18.6. The molecule has 13 nitrogen and oxygen atoms in total. The predicted molar refractivity (Wildman–Crippen MR) is 140 cm³/mol. The highest BCUT2D eigenvalue weighted by molar-refractivity contribution is 5.80. The van der Waals surface area contributed by atoms with E-state index in [1.54, 1.807) is 14.7 Å². The third-order valence-electron chi connectivity index (χ3n) is 6.36. The summed E-state index contributed by atoms with van der Waals surface area (Å²) in [5.74, 6) is -2.96. The number of ketones is 1. The minimum atomic E-state index is -1.00. The van der Waals surface area contributed by atoms with E-state index in [1.165, 1.54) is 0 Å². The summed E-state index contributed by atoms with van der Waals surface area (Å²) in [6, 6.07) is 0. The molecular formula is C25H45N5O8. The Morgan fingerprint density at radius 2 is 0.974 bits per heavy atom. The molecule has 1 aliphatic rings. The third kappa shape index (κ3) is 16.3. The third-order valence-corrected chi connectivity index (χ3v) is 6.36. The fourth-order valence-electron chi connectivity index (χ4n) is 4.15. The second-order valence-electron chi connectivity index (χ2n) is 10.1. The number of aliphatic carboxylic acids is 3. The molecule has 0 bridgehead atoms. The molecular weight excluding hydrogens is 498 g/mol. The number of hydrogen-bond acceptors (Lipinski definition) is 9. The number of carbonyl (C=O) groups is 5. The van der Waals surface area contributed by atoms with Crippen LogP contribution >= 0.6 is 0 Å². The Balaban J connectivity index is 2.72. The normalized spacial score (nSPS) is 17.4. The molecule has 0 aromatic rings. The van der Waals surface area contributed by atoms with Crippen molar-refractivity contribution in [3.05, 3.63) is 0 Å². The Morgan fingerprint density at radius 3 is 1.32 bits per heavy atom. The van der Waals surface area contributed by atoms with Crippen molar-refractivity contribution in [3.63, 3.8) is 0 Å². The fraction of sp³-hybridized carbons (Fsp3) is 0.800. The molecule has 1 saturated heterocycles. The molecule has 0 aliphatic carbocycles. The van der Waals surface area contributed by atoms with Crippen molar-refractivity contribution in [2.24, 2.45) is 5.92 Å². The van der Waals surface area contributed by atoms with Crippen molar-refractivity contribution in [3.8, 4) is 0 Å². The molecule has 13 heteroatoms. The van der Waals surface area contributed by atoms with E-state index in [4.69, 9.17) is 0 Å². The van der Waals surface area contributed by atoms with Crippen molar-refractivity contribution in [2.75, 3.05) is 85.1 Å². The topological polar surface area (TPSA) is 171 Å². The Morgan fingerprint density at radius 1 is 0.605 bits per heavy atom. The molecule has 1 rings (SSSR count). The number of nitrogens with zero attached hydrogens (tertiary/aromatic N) is 4. The molecule has 0 spiro atoms. The zero-order chi connectivity index (χ0) is 28.5. The van der Waals surface area contributed by atoms with Crippen LogP contribution in [0, 0.1) is 5.92 Å². The van der Waals surface area contributed by atoms with Crippen LogP contribution in [0.2, 0.25) is 0 Å². The van der Waals surface area contributed by atoms with Gasteiger partial charge in [-0.2, -0.15) is 0 Å². The lowest BCUT2D eigenvalue weighted by atomic mass is 10.1. The summed E-state index contributed by atoms with van der Waals surface area (Å²) in [4.78, 5) is 65.4. The van der Waals surface area contributed by atoms with Crippen LogP contribution in [0.4, 0.5) is 0 Å². The molecule has 1 heterocycles. The number of carbonyl (C=O) groups excluding carboxylic acids is 2. The van der Waals surface area contributed by atoms with Gasteiger partial charge in [0.2, 0.25) is 5.91 Å². The van der Waals surface area contributed by atoms with Crippen LogP contribution in [-0.4, -0.2) is 150 Å². The summed E-state index contributed by atoms with van der Waals surface area (Å²) in [6.45, 7) is 6.81. The maximum Gasteiger partial charge on any atom is 0.317 e. The molecule has 218 valence electrons. The molecule has 1 amide bonds. The highest BCUT2D eigenvalue weighted by Crippen LogP contribution is 2.05. The Hall–Kier alpha value is -2.61. The number of amides is 1. The van der Waals surface area contributed by atoms with E-state index in [-0.39, 0.29) is 43.8 Å². The van der Waals surface area contributed by atoms with E-state index < -0.39 is 17.9 Å². The van der Waals surface area contributed by atoms with E-state index in [2.05, 4.69) is 5.32 Å². The summed E-state index contributed by atoms with van der Waals surface area (Å²) < 4.78 is 0. The van der Waals surface area contributed by atoms with E-state index in [0.29, 0.717) is 71.7 Å². The van der Waals surface area contributed by atoms with Crippen molar-refractivity contribution in [2.45, 2.75) is 39.5 Å². The van der Waals surface area contributed by atoms with E-state index >= 15 is 0 Å². The van der Waals surface area contributed by atoms with Crippen LogP contribution < -0.4 is 5.32 Å². The summed E-state index contributed by atoms with van der Waals surface area (Å²) in [5.41, 5.74) is 0. The van der Waals surface area contributed by atoms with Gasteiger partial charge in [0.15, 0.2) is 0 Å². The molecule has 4 N–H and O–H groups in total. The van der Waals surface area contributed by atoms with Gasteiger partial charge in [0.25, 0.3) is 0 Å². The quantitative estimate of drug-likeness (QED) is 0.193. The Bertz CT molecular complexity index is 747. The second-order valence-corrected chi connectivity index (χ2v) is 10.1. The molecule has 1 fully saturated rings. The lowest BCUT2D eigenvalue weighted by Crippen LogP contribution is -2.49. The van der Waals surface area contributed by atoms with E-state index in [0.717, 1.165) is 12.8 Å². The van der Waals surface area contributed by atoms with Gasteiger partial charge in [-0.25, -0.2) is 0 Å². The van der Waals surface area contributed by atoms with Crippen LogP contribution in [0.5, 0.6) is 0 Å². The van der Waals surface area contributed by atoms with Gasteiger partial charge in [-0.15, -0.1) is 0 Å². The largest absolute Gasteiger partial charge is 0.480 e. The van der Waals surface area contributed by atoms with Gasteiger partial charge in [0.1, 0.15) is 5.78 Å². The van der Waals surface area contributed by atoms with Crippen molar-refractivity contribution in [1.82, 2.24) is 24.9 Å². The van der Waals surface area contributed by atoms with Crippen molar-refractivity contribution < 1.29 is 39.3 Å². The van der Waals surface area contributed by atoms with Crippen LogP contribution in [0.25, 0.3) is 0 Å². The van der Waals surface area contributed by atoms with Gasteiger partial charge in [-0.3, -0.25) is 43.6 Å². The first-order chi connectivity index (χ1) is 18.0. The smallest absolute Gasteiger partial charge is 0.317 e. The molecule has 38 heavy (non-hydrogen) atoms. The molecule has 0 atom stereocenters. The maximum absolute atomic E-state index is 12.7. The summed E-state index contributed by atoms with van der Waals surface area (Å²) in [7, 11) is 0. The molecule has 0 radical (unpaired) electrons. The lowest BCUT2D eigenvalue weighted by molar-refractivity contribution is -0.140. The number of carboxylic acid groups (broad SMARTS) is 3. The molecule has 0 aromatic heterocycles. The monoisotopic (exact) mass is 543 g/mol. The molecule has 1 aliphatic heterocycles.